The molecule has 2 N–H and O–H groups in total. The molecular weight excluding hydrogens is 250 g/mol. The Morgan fingerprint density at radius 2 is 1.90 bits per heavy atom. The van der Waals surface area contributed by atoms with Crippen LogP contribution in [0.25, 0.3) is 5.69 Å². The van der Waals surface area contributed by atoms with Crippen molar-refractivity contribution in [1.29, 1.82) is 0 Å². The minimum absolute atomic E-state index is 0.101. The zero-order valence-corrected chi connectivity index (χ0v) is 12.4. The van der Waals surface area contributed by atoms with Crippen molar-refractivity contribution in [2.75, 3.05) is 6.54 Å². The molecule has 1 heterocycles. The second kappa shape index (κ2) is 6.20. The number of nitrogens with one attached hydrogen (secondary N) is 1. The van der Waals surface area contributed by atoms with Gasteiger partial charge in [-0.05, 0) is 23.6 Å². The van der Waals surface area contributed by atoms with Gasteiger partial charge in [-0.15, -0.1) is 0 Å². The highest BCUT2D eigenvalue weighted by atomic mass is 16.3. The molecule has 1 aromatic heterocycles. The summed E-state index contributed by atoms with van der Waals surface area (Å²) in [4.78, 5) is 0. The van der Waals surface area contributed by atoms with Gasteiger partial charge in [0.1, 0.15) is 0 Å². The Labute approximate surface area is 120 Å². The summed E-state index contributed by atoms with van der Waals surface area (Å²) in [6.45, 7) is 7.32. The molecule has 0 aliphatic heterocycles. The first-order valence-corrected chi connectivity index (χ1v) is 6.95. The highest BCUT2D eigenvalue weighted by Crippen LogP contribution is 2.18. The molecular formula is C16H23N3O. The fourth-order valence-electron chi connectivity index (χ4n) is 1.82. The lowest BCUT2D eigenvalue weighted by atomic mass is 9.89. The van der Waals surface area contributed by atoms with Crippen LogP contribution in [0.5, 0.6) is 0 Å². The van der Waals surface area contributed by atoms with E-state index < -0.39 is 0 Å². The Morgan fingerprint density at radius 3 is 2.55 bits per heavy atom. The van der Waals surface area contributed by atoms with Crippen LogP contribution < -0.4 is 5.32 Å². The Hall–Kier alpha value is -1.65. The fourth-order valence-corrected chi connectivity index (χ4v) is 1.82. The molecule has 0 aliphatic rings. The number of nitrogens with zero attached hydrogens (tertiary/aromatic N) is 2. The van der Waals surface area contributed by atoms with Crippen molar-refractivity contribution in [2.24, 2.45) is 5.41 Å². The summed E-state index contributed by atoms with van der Waals surface area (Å²) in [6.07, 6.45) is 1.59. The van der Waals surface area contributed by atoms with E-state index in [0.717, 1.165) is 11.4 Å². The van der Waals surface area contributed by atoms with Crippen molar-refractivity contribution >= 4 is 0 Å². The highest BCUT2D eigenvalue weighted by Gasteiger charge is 2.21. The summed E-state index contributed by atoms with van der Waals surface area (Å²) < 4.78 is 1.86. The van der Waals surface area contributed by atoms with Gasteiger partial charge in [-0.3, -0.25) is 0 Å². The van der Waals surface area contributed by atoms with E-state index in [1.807, 2.05) is 68.0 Å². The Kier molecular flexibility index (Phi) is 4.57. The van der Waals surface area contributed by atoms with E-state index in [4.69, 9.17) is 0 Å². The molecule has 2 rings (SSSR count). The number of benzene rings is 1. The van der Waals surface area contributed by atoms with Gasteiger partial charge in [0.25, 0.3) is 0 Å². The molecule has 1 aromatic carbocycles. The Morgan fingerprint density at radius 1 is 1.20 bits per heavy atom. The summed E-state index contributed by atoms with van der Waals surface area (Å²) in [6, 6.07) is 12.0. The predicted molar refractivity (Wildman–Crippen MR) is 80.7 cm³/mol. The molecule has 1 atom stereocenters. The summed E-state index contributed by atoms with van der Waals surface area (Å²) in [5, 5.41) is 17.7. The maximum atomic E-state index is 9.96. The number of hydrogen-bond donors (Lipinski definition) is 2. The zero-order chi connectivity index (χ0) is 14.6. The molecule has 0 spiro atoms. The van der Waals surface area contributed by atoms with Crippen LogP contribution in [0.2, 0.25) is 0 Å². The maximum absolute atomic E-state index is 9.96. The number of rotatable bonds is 5. The van der Waals surface area contributed by atoms with Gasteiger partial charge in [0.2, 0.25) is 0 Å². The molecule has 2 aromatic rings. The van der Waals surface area contributed by atoms with E-state index in [1.165, 1.54) is 0 Å². The summed E-state index contributed by atoms with van der Waals surface area (Å²) in [5.74, 6) is 0. The average Bonchev–Trinajstić information content (AvgIpc) is 2.87. The van der Waals surface area contributed by atoms with E-state index in [9.17, 15) is 5.11 Å². The lowest BCUT2D eigenvalue weighted by Crippen LogP contribution is -2.36. The molecule has 20 heavy (non-hydrogen) atoms. The first kappa shape index (κ1) is 14.8. The van der Waals surface area contributed by atoms with Gasteiger partial charge >= 0.3 is 0 Å². The summed E-state index contributed by atoms with van der Waals surface area (Å²) >= 11 is 0. The second-order valence-electron chi connectivity index (χ2n) is 6.10. The van der Waals surface area contributed by atoms with Crippen LogP contribution in [0.4, 0.5) is 0 Å². The molecule has 0 fully saturated rings. The Bertz CT molecular complexity index is 528. The first-order chi connectivity index (χ1) is 9.47. The van der Waals surface area contributed by atoms with Crippen molar-refractivity contribution in [2.45, 2.75) is 33.4 Å². The molecule has 4 heteroatoms. The van der Waals surface area contributed by atoms with Gasteiger partial charge in [-0.25, -0.2) is 4.68 Å². The second-order valence-corrected chi connectivity index (χ2v) is 6.10. The van der Waals surface area contributed by atoms with Gasteiger partial charge in [-0.1, -0.05) is 39.0 Å². The van der Waals surface area contributed by atoms with Gasteiger partial charge in [0, 0.05) is 19.3 Å². The van der Waals surface area contributed by atoms with E-state index >= 15 is 0 Å². The molecule has 0 radical (unpaired) electrons. The minimum atomic E-state index is -0.362. The van der Waals surface area contributed by atoms with Crippen molar-refractivity contribution in [3.63, 3.8) is 0 Å². The minimum Gasteiger partial charge on any atom is -0.391 e. The third-order valence-corrected chi connectivity index (χ3v) is 3.31. The van der Waals surface area contributed by atoms with Crippen LogP contribution in [-0.2, 0) is 6.54 Å². The van der Waals surface area contributed by atoms with Crippen LogP contribution in [0.15, 0.2) is 42.6 Å². The fraction of sp³-hybridized carbons (Fsp3) is 0.438. The van der Waals surface area contributed by atoms with Crippen LogP contribution >= 0.6 is 0 Å². The van der Waals surface area contributed by atoms with Crippen LogP contribution in [-0.4, -0.2) is 27.5 Å². The third-order valence-electron chi connectivity index (χ3n) is 3.31. The molecule has 4 nitrogen and oxygen atoms in total. The summed E-state index contributed by atoms with van der Waals surface area (Å²) in [7, 11) is 0. The predicted octanol–water partition coefficient (Wildman–Crippen LogP) is 2.37. The number of aliphatic hydroxyl groups excluding tert-OH is 1. The van der Waals surface area contributed by atoms with E-state index in [-0.39, 0.29) is 11.5 Å². The zero-order valence-electron chi connectivity index (χ0n) is 12.4. The van der Waals surface area contributed by atoms with Crippen molar-refractivity contribution in [3.05, 3.63) is 48.3 Å². The number of aromatic nitrogens is 2. The largest absolute Gasteiger partial charge is 0.391 e. The molecule has 0 amide bonds. The van der Waals surface area contributed by atoms with E-state index in [1.54, 1.807) is 0 Å². The monoisotopic (exact) mass is 273 g/mol. The summed E-state index contributed by atoms with van der Waals surface area (Å²) in [5.41, 5.74) is 1.92. The molecule has 0 aliphatic carbocycles. The van der Waals surface area contributed by atoms with Crippen LogP contribution in [0.3, 0.4) is 0 Å². The quantitative estimate of drug-likeness (QED) is 0.879. The molecule has 0 bridgehead atoms. The molecule has 108 valence electrons. The molecule has 0 saturated heterocycles. The van der Waals surface area contributed by atoms with Crippen molar-refractivity contribution in [1.82, 2.24) is 15.1 Å². The van der Waals surface area contributed by atoms with Gasteiger partial charge < -0.3 is 10.4 Å². The van der Waals surface area contributed by atoms with Crippen LogP contribution in [0.1, 0.15) is 26.5 Å². The smallest absolute Gasteiger partial charge is 0.0766 e. The lowest BCUT2D eigenvalue weighted by Gasteiger charge is -2.25. The van der Waals surface area contributed by atoms with Crippen LogP contribution in [0, 0.1) is 5.41 Å². The normalized spacial score (nSPS) is 13.4. The lowest BCUT2D eigenvalue weighted by molar-refractivity contribution is 0.0627. The molecule has 0 saturated carbocycles. The van der Waals surface area contributed by atoms with Gasteiger partial charge in [0.05, 0.1) is 17.5 Å². The Balaban J connectivity index is 1.88. The third kappa shape index (κ3) is 3.92. The topological polar surface area (TPSA) is 50.1 Å². The highest BCUT2D eigenvalue weighted by molar-refractivity contribution is 5.30. The maximum Gasteiger partial charge on any atom is 0.0766 e. The molecule has 1 unspecified atom stereocenters. The van der Waals surface area contributed by atoms with E-state index in [0.29, 0.717) is 13.1 Å². The average molecular weight is 273 g/mol. The standard InChI is InChI=1S/C16H23N3O/c1-16(2,3)15(20)12-17-11-13-9-10-19(18-13)14-7-5-4-6-8-14/h4-10,15,17,20H,11-12H2,1-3H3. The first-order valence-electron chi connectivity index (χ1n) is 6.95. The van der Waals surface area contributed by atoms with E-state index in [2.05, 4.69) is 10.4 Å². The van der Waals surface area contributed by atoms with Gasteiger partial charge in [0.15, 0.2) is 0 Å². The number of hydrogen-bond acceptors (Lipinski definition) is 3. The number of para-hydroxylation sites is 1. The van der Waals surface area contributed by atoms with Crippen molar-refractivity contribution < 1.29 is 5.11 Å². The van der Waals surface area contributed by atoms with Crippen molar-refractivity contribution in [3.8, 4) is 5.69 Å². The number of aliphatic hydroxyl groups is 1. The van der Waals surface area contributed by atoms with Gasteiger partial charge in [-0.2, -0.15) is 5.10 Å². The SMILES string of the molecule is CC(C)(C)C(O)CNCc1ccn(-c2ccccc2)n1.